The summed E-state index contributed by atoms with van der Waals surface area (Å²) in [6.07, 6.45) is -4.51. The molecule has 0 bridgehead atoms. The molecule has 1 aliphatic rings. The van der Waals surface area contributed by atoms with Crippen LogP contribution in [0.1, 0.15) is 5.56 Å². The zero-order chi connectivity index (χ0) is 19.6. The molecule has 2 N–H and O–H groups in total. The van der Waals surface area contributed by atoms with E-state index in [1.807, 2.05) is 11.0 Å². The second kappa shape index (κ2) is 7.67. The van der Waals surface area contributed by atoms with E-state index in [-0.39, 0.29) is 15.9 Å². The van der Waals surface area contributed by atoms with E-state index in [0.717, 1.165) is 11.8 Å². The number of phenolic OH excluding ortho intramolecular Hbond substituents is 1. The number of urea groups is 1. The summed E-state index contributed by atoms with van der Waals surface area (Å²) in [6, 6.07) is 9.99. The molecular weight excluding hydrogens is 427 g/mol. The Labute approximate surface area is 162 Å². The van der Waals surface area contributed by atoms with Gasteiger partial charge in [-0.25, -0.2) is 4.79 Å². The van der Waals surface area contributed by atoms with Crippen LogP contribution in [0.25, 0.3) is 0 Å². The zero-order valence-corrected chi connectivity index (χ0v) is 15.7. The first-order valence-electron chi connectivity index (χ1n) is 8.21. The van der Waals surface area contributed by atoms with E-state index in [1.165, 1.54) is 12.1 Å². The number of halogens is 4. The number of carbonyl (C=O) groups is 1. The monoisotopic (exact) mass is 443 g/mol. The fraction of sp³-hybridized carbons (Fsp3) is 0.278. The number of amides is 2. The number of rotatable bonds is 2. The van der Waals surface area contributed by atoms with Crippen LogP contribution in [-0.2, 0) is 6.18 Å². The van der Waals surface area contributed by atoms with Crippen molar-refractivity contribution < 1.29 is 23.1 Å². The molecule has 5 nitrogen and oxygen atoms in total. The van der Waals surface area contributed by atoms with Crippen LogP contribution in [0.5, 0.6) is 5.75 Å². The van der Waals surface area contributed by atoms with Crippen molar-refractivity contribution in [3.05, 3.63) is 52.5 Å². The lowest BCUT2D eigenvalue weighted by atomic mass is 10.2. The molecule has 0 aromatic heterocycles. The van der Waals surface area contributed by atoms with E-state index in [0.29, 0.717) is 26.2 Å². The van der Waals surface area contributed by atoms with E-state index >= 15 is 0 Å². The predicted molar refractivity (Wildman–Crippen MR) is 100 cm³/mol. The number of phenols is 1. The number of alkyl halides is 3. The van der Waals surface area contributed by atoms with Gasteiger partial charge in [0.25, 0.3) is 0 Å². The summed E-state index contributed by atoms with van der Waals surface area (Å²) in [6.45, 7) is 1.96. The minimum absolute atomic E-state index is 0.0762. The number of aromatic hydroxyl groups is 1. The van der Waals surface area contributed by atoms with Crippen LogP contribution in [0.4, 0.5) is 29.3 Å². The number of piperazine rings is 1. The highest BCUT2D eigenvalue weighted by Gasteiger charge is 2.33. The van der Waals surface area contributed by atoms with Gasteiger partial charge < -0.3 is 20.2 Å². The summed E-state index contributed by atoms with van der Waals surface area (Å²) in [5.41, 5.74) is 0.109. The first kappa shape index (κ1) is 19.3. The highest BCUT2D eigenvalue weighted by Crippen LogP contribution is 2.36. The van der Waals surface area contributed by atoms with Crippen LogP contribution in [-0.4, -0.2) is 42.2 Å². The fourth-order valence-corrected chi connectivity index (χ4v) is 3.35. The number of nitrogens with zero attached hydrogens (tertiary/aromatic N) is 2. The second-order valence-corrected chi connectivity index (χ2v) is 6.97. The SMILES string of the molecule is O=C(Nc1ccc(Br)c(C(F)(F)F)c1)N1CCN(c2cccc(O)c2)CC1. The first-order chi connectivity index (χ1) is 12.7. The fourth-order valence-electron chi connectivity index (χ4n) is 2.88. The Kier molecular flexibility index (Phi) is 5.50. The third-order valence-corrected chi connectivity index (χ3v) is 4.98. The van der Waals surface area contributed by atoms with E-state index < -0.39 is 17.8 Å². The third kappa shape index (κ3) is 4.65. The smallest absolute Gasteiger partial charge is 0.417 e. The summed E-state index contributed by atoms with van der Waals surface area (Å²) >= 11 is 2.88. The molecule has 144 valence electrons. The molecule has 0 radical (unpaired) electrons. The number of hydrogen-bond donors (Lipinski definition) is 2. The summed E-state index contributed by atoms with van der Waals surface area (Å²) in [5.74, 6) is 0.170. The highest BCUT2D eigenvalue weighted by atomic mass is 79.9. The van der Waals surface area contributed by atoms with Gasteiger partial charge in [0, 0.05) is 48.1 Å². The molecule has 2 aromatic carbocycles. The molecule has 1 saturated heterocycles. The Morgan fingerprint density at radius 3 is 2.41 bits per heavy atom. The number of benzene rings is 2. The van der Waals surface area contributed by atoms with Gasteiger partial charge in [0.2, 0.25) is 0 Å². The summed E-state index contributed by atoms with van der Waals surface area (Å²) < 4.78 is 38.9. The van der Waals surface area contributed by atoms with Crippen molar-refractivity contribution in [3.8, 4) is 5.75 Å². The van der Waals surface area contributed by atoms with E-state index in [2.05, 4.69) is 21.2 Å². The lowest BCUT2D eigenvalue weighted by molar-refractivity contribution is -0.138. The van der Waals surface area contributed by atoms with E-state index in [9.17, 15) is 23.1 Å². The normalized spacial score (nSPS) is 15.0. The maximum Gasteiger partial charge on any atom is 0.417 e. The van der Waals surface area contributed by atoms with Crippen LogP contribution < -0.4 is 10.2 Å². The quantitative estimate of drug-likeness (QED) is 0.716. The average Bonchev–Trinajstić information content (AvgIpc) is 2.62. The molecule has 1 heterocycles. The molecule has 2 amide bonds. The van der Waals surface area contributed by atoms with Gasteiger partial charge in [0.1, 0.15) is 5.75 Å². The number of carbonyl (C=O) groups excluding carboxylic acids is 1. The molecule has 3 rings (SSSR count). The molecule has 0 spiro atoms. The minimum Gasteiger partial charge on any atom is -0.508 e. The van der Waals surface area contributed by atoms with Gasteiger partial charge >= 0.3 is 12.2 Å². The van der Waals surface area contributed by atoms with Crippen LogP contribution in [0, 0.1) is 0 Å². The number of nitrogens with one attached hydrogen (secondary N) is 1. The van der Waals surface area contributed by atoms with Crippen LogP contribution in [0.3, 0.4) is 0 Å². The summed E-state index contributed by atoms with van der Waals surface area (Å²) in [5, 5.41) is 12.1. The summed E-state index contributed by atoms with van der Waals surface area (Å²) in [7, 11) is 0. The Hall–Kier alpha value is -2.42. The van der Waals surface area contributed by atoms with Gasteiger partial charge in [-0.1, -0.05) is 22.0 Å². The molecular formula is C18H17BrF3N3O2. The molecule has 1 aliphatic heterocycles. The Morgan fingerprint density at radius 2 is 1.78 bits per heavy atom. The van der Waals surface area contributed by atoms with E-state index in [4.69, 9.17) is 0 Å². The molecule has 1 fully saturated rings. The van der Waals surface area contributed by atoms with Gasteiger partial charge in [0.05, 0.1) is 5.56 Å². The van der Waals surface area contributed by atoms with Crippen molar-refractivity contribution in [2.24, 2.45) is 0 Å². The van der Waals surface area contributed by atoms with E-state index in [1.54, 1.807) is 23.1 Å². The lowest BCUT2D eigenvalue weighted by Gasteiger charge is -2.36. The van der Waals surface area contributed by atoms with Crippen molar-refractivity contribution in [1.82, 2.24) is 4.90 Å². The minimum atomic E-state index is -4.51. The molecule has 0 aliphatic carbocycles. The van der Waals surface area contributed by atoms with Crippen LogP contribution in [0.15, 0.2) is 46.9 Å². The van der Waals surface area contributed by atoms with Gasteiger partial charge in [-0.3, -0.25) is 0 Å². The van der Waals surface area contributed by atoms with Crippen molar-refractivity contribution in [2.75, 3.05) is 36.4 Å². The molecule has 2 aromatic rings. The standard InChI is InChI=1S/C18H17BrF3N3O2/c19-16-5-4-12(10-15(16)18(20,21)22)23-17(27)25-8-6-24(7-9-25)13-2-1-3-14(26)11-13/h1-5,10-11,26H,6-9H2,(H,23,27). The molecule has 27 heavy (non-hydrogen) atoms. The maximum absolute atomic E-state index is 13.0. The molecule has 9 heteroatoms. The number of anilines is 2. The maximum atomic E-state index is 13.0. The Balaban J connectivity index is 1.62. The van der Waals surface area contributed by atoms with Crippen LogP contribution >= 0.6 is 15.9 Å². The second-order valence-electron chi connectivity index (χ2n) is 6.12. The molecule has 0 atom stereocenters. The van der Waals surface area contributed by atoms with Crippen molar-refractivity contribution in [3.63, 3.8) is 0 Å². The predicted octanol–water partition coefficient (Wildman–Crippen LogP) is 4.53. The van der Waals surface area contributed by atoms with Crippen molar-refractivity contribution in [2.45, 2.75) is 6.18 Å². The van der Waals surface area contributed by atoms with Gasteiger partial charge in [0.15, 0.2) is 0 Å². The van der Waals surface area contributed by atoms with Gasteiger partial charge in [-0.05, 0) is 30.3 Å². The average molecular weight is 444 g/mol. The Morgan fingerprint density at radius 1 is 1.07 bits per heavy atom. The molecule has 0 unspecified atom stereocenters. The Bertz CT molecular complexity index is 837. The third-order valence-electron chi connectivity index (χ3n) is 4.28. The molecule has 0 saturated carbocycles. The lowest BCUT2D eigenvalue weighted by Crippen LogP contribution is -2.50. The largest absolute Gasteiger partial charge is 0.508 e. The van der Waals surface area contributed by atoms with Crippen LogP contribution in [0.2, 0.25) is 0 Å². The summed E-state index contributed by atoms with van der Waals surface area (Å²) in [4.78, 5) is 16.0. The topological polar surface area (TPSA) is 55.8 Å². The van der Waals surface area contributed by atoms with Gasteiger partial charge in [-0.15, -0.1) is 0 Å². The van der Waals surface area contributed by atoms with Crippen molar-refractivity contribution >= 4 is 33.3 Å². The highest BCUT2D eigenvalue weighted by molar-refractivity contribution is 9.10. The van der Waals surface area contributed by atoms with Crippen molar-refractivity contribution in [1.29, 1.82) is 0 Å². The number of hydrogen-bond acceptors (Lipinski definition) is 3. The zero-order valence-electron chi connectivity index (χ0n) is 14.1. The first-order valence-corrected chi connectivity index (χ1v) is 9.00. The van der Waals surface area contributed by atoms with Gasteiger partial charge in [-0.2, -0.15) is 13.2 Å².